The van der Waals surface area contributed by atoms with E-state index in [1.54, 1.807) is 18.2 Å². The second-order valence-corrected chi connectivity index (χ2v) is 5.38. The SMILES string of the molecule is CC(=O)C(C)S(=O)(=O)c1ccccc1. The van der Waals surface area contributed by atoms with Crippen molar-refractivity contribution >= 4 is 15.6 Å². The van der Waals surface area contributed by atoms with E-state index in [4.69, 9.17) is 0 Å². The Morgan fingerprint density at radius 1 is 1.21 bits per heavy atom. The van der Waals surface area contributed by atoms with Crippen molar-refractivity contribution < 1.29 is 13.2 Å². The molecule has 0 aliphatic carbocycles. The Labute approximate surface area is 83.7 Å². The molecule has 14 heavy (non-hydrogen) atoms. The van der Waals surface area contributed by atoms with Gasteiger partial charge >= 0.3 is 0 Å². The van der Waals surface area contributed by atoms with Crippen LogP contribution in [0.3, 0.4) is 0 Å². The number of rotatable bonds is 3. The van der Waals surface area contributed by atoms with Gasteiger partial charge in [0.05, 0.1) is 4.90 Å². The van der Waals surface area contributed by atoms with Crippen molar-refractivity contribution in [3.8, 4) is 0 Å². The molecule has 1 unspecified atom stereocenters. The summed E-state index contributed by atoms with van der Waals surface area (Å²) >= 11 is 0. The van der Waals surface area contributed by atoms with Crippen LogP contribution >= 0.6 is 0 Å². The number of ketones is 1. The summed E-state index contributed by atoms with van der Waals surface area (Å²) in [5.74, 6) is -0.339. The summed E-state index contributed by atoms with van der Waals surface area (Å²) in [5.41, 5.74) is 0. The lowest BCUT2D eigenvalue weighted by Gasteiger charge is -2.08. The highest BCUT2D eigenvalue weighted by molar-refractivity contribution is 7.92. The Kier molecular flexibility index (Phi) is 3.06. The smallest absolute Gasteiger partial charge is 0.188 e. The van der Waals surface area contributed by atoms with Crippen LogP contribution in [0.25, 0.3) is 0 Å². The van der Waals surface area contributed by atoms with Crippen molar-refractivity contribution in [1.82, 2.24) is 0 Å². The molecular weight excluding hydrogens is 200 g/mol. The van der Waals surface area contributed by atoms with Crippen molar-refractivity contribution in [1.29, 1.82) is 0 Å². The van der Waals surface area contributed by atoms with E-state index < -0.39 is 15.1 Å². The van der Waals surface area contributed by atoms with Crippen molar-refractivity contribution in [2.75, 3.05) is 0 Å². The quantitative estimate of drug-likeness (QED) is 0.761. The van der Waals surface area contributed by atoms with Crippen molar-refractivity contribution in [3.63, 3.8) is 0 Å². The van der Waals surface area contributed by atoms with E-state index in [2.05, 4.69) is 0 Å². The molecule has 0 aliphatic heterocycles. The Morgan fingerprint density at radius 3 is 2.14 bits per heavy atom. The maximum absolute atomic E-state index is 11.8. The predicted molar refractivity (Wildman–Crippen MR) is 53.8 cm³/mol. The van der Waals surface area contributed by atoms with E-state index in [1.807, 2.05) is 0 Å². The molecule has 0 N–H and O–H groups in total. The molecule has 0 heterocycles. The zero-order valence-electron chi connectivity index (χ0n) is 8.10. The fraction of sp³-hybridized carbons (Fsp3) is 0.300. The first-order chi connectivity index (χ1) is 6.46. The van der Waals surface area contributed by atoms with Gasteiger partial charge in [-0.2, -0.15) is 0 Å². The molecule has 0 bridgehead atoms. The van der Waals surface area contributed by atoms with Gasteiger partial charge in [0.1, 0.15) is 11.0 Å². The van der Waals surface area contributed by atoms with Crippen LogP contribution in [0.5, 0.6) is 0 Å². The van der Waals surface area contributed by atoms with Crippen LogP contribution in [0.1, 0.15) is 13.8 Å². The van der Waals surface area contributed by atoms with Gasteiger partial charge in [0.2, 0.25) is 0 Å². The predicted octanol–water partition coefficient (Wildman–Crippen LogP) is 1.44. The third kappa shape index (κ3) is 2.01. The third-order valence-corrected chi connectivity index (χ3v) is 4.30. The average Bonchev–Trinajstić information content (AvgIpc) is 2.18. The molecule has 1 rings (SSSR count). The maximum Gasteiger partial charge on any atom is 0.188 e. The first-order valence-electron chi connectivity index (χ1n) is 4.25. The molecule has 0 radical (unpaired) electrons. The largest absolute Gasteiger partial charge is 0.299 e. The number of hydrogen-bond donors (Lipinski definition) is 0. The fourth-order valence-electron chi connectivity index (χ4n) is 1.03. The van der Waals surface area contributed by atoms with E-state index in [0.29, 0.717) is 0 Å². The minimum Gasteiger partial charge on any atom is -0.299 e. The van der Waals surface area contributed by atoms with Gasteiger partial charge in [-0.15, -0.1) is 0 Å². The third-order valence-electron chi connectivity index (χ3n) is 2.11. The number of benzene rings is 1. The molecular formula is C10H12O3S. The number of carbonyl (C=O) groups is 1. The number of hydrogen-bond acceptors (Lipinski definition) is 3. The normalized spacial score (nSPS) is 13.6. The highest BCUT2D eigenvalue weighted by Gasteiger charge is 2.26. The van der Waals surface area contributed by atoms with Crippen LogP contribution in [0.4, 0.5) is 0 Å². The maximum atomic E-state index is 11.8. The summed E-state index contributed by atoms with van der Waals surface area (Å²) in [6, 6.07) is 8.00. The van der Waals surface area contributed by atoms with E-state index in [9.17, 15) is 13.2 Å². The fourth-order valence-corrected chi connectivity index (χ4v) is 2.41. The number of carbonyl (C=O) groups excluding carboxylic acids is 1. The van der Waals surface area contributed by atoms with Gasteiger partial charge in [-0.05, 0) is 26.0 Å². The minimum absolute atomic E-state index is 0.197. The van der Waals surface area contributed by atoms with E-state index >= 15 is 0 Å². The van der Waals surface area contributed by atoms with E-state index in [1.165, 1.54) is 26.0 Å². The van der Waals surface area contributed by atoms with Gasteiger partial charge < -0.3 is 0 Å². The zero-order chi connectivity index (χ0) is 10.8. The van der Waals surface area contributed by atoms with Crippen LogP contribution in [0, 0.1) is 0 Å². The monoisotopic (exact) mass is 212 g/mol. The van der Waals surface area contributed by atoms with Crippen LogP contribution in [0.15, 0.2) is 35.2 Å². The highest BCUT2D eigenvalue weighted by atomic mass is 32.2. The molecule has 0 aromatic heterocycles. The molecule has 1 aromatic carbocycles. The Hall–Kier alpha value is -1.16. The second kappa shape index (κ2) is 3.92. The van der Waals surface area contributed by atoms with Gasteiger partial charge in [-0.3, -0.25) is 4.79 Å². The van der Waals surface area contributed by atoms with Gasteiger partial charge in [0, 0.05) is 0 Å². The average molecular weight is 212 g/mol. The minimum atomic E-state index is -3.49. The number of sulfone groups is 1. The summed E-state index contributed by atoms with van der Waals surface area (Å²) in [4.78, 5) is 11.2. The van der Waals surface area contributed by atoms with E-state index in [-0.39, 0.29) is 10.7 Å². The Morgan fingerprint density at radius 2 is 1.71 bits per heavy atom. The first-order valence-corrected chi connectivity index (χ1v) is 5.80. The molecule has 0 aliphatic rings. The lowest BCUT2D eigenvalue weighted by Crippen LogP contribution is -2.25. The van der Waals surface area contributed by atoms with Crippen molar-refractivity contribution in [3.05, 3.63) is 30.3 Å². The van der Waals surface area contributed by atoms with Crippen LogP contribution in [0.2, 0.25) is 0 Å². The van der Waals surface area contributed by atoms with Gasteiger partial charge in [-0.25, -0.2) is 8.42 Å². The molecule has 76 valence electrons. The zero-order valence-corrected chi connectivity index (χ0v) is 8.91. The van der Waals surface area contributed by atoms with Gasteiger partial charge in [0.25, 0.3) is 0 Å². The number of Topliss-reactive ketones (excluding diaryl/α,β-unsaturated/α-hetero) is 1. The second-order valence-electron chi connectivity index (χ2n) is 3.11. The highest BCUT2D eigenvalue weighted by Crippen LogP contribution is 2.15. The standard InChI is InChI=1S/C10H12O3S/c1-8(11)9(2)14(12,13)10-6-4-3-5-7-10/h3-7,9H,1-2H3. The lowest BCUT2D eigenvalue weighted by atomic mass is 10.3. The van der Waals surface area contributed by atoms with Crippen LogP contribution in [-0.4, -0.2) is 19.5 Å². The summed E-state index contributed by atoms with van der Waals surface area (Å²) in [6.45, 7) is 2.69. The lowest BCUT2D eigenvalue weighted by molar-refractivity contribution is -0.116. The molecule has 3 nitrogen and oxygen atoms in total. The molecule has 4 heteroatoms. The van der Waals surface area contributed by atoms with Gasteiger partial charge in [-0.1, -0.05) is 18.2 Å². The molecule has 0 fully saturated rings. The molecule has 1 atom stereocenters. The summed E-state index contributed by atoms with van der Waals surface area (Å²) in [7, 11) is -3.49. The summed E-state index contributed by atoms with van der Waals surface area (Å²) < 4.78 is 23.5. The molecule has 0 saturated heterocycles. The van der Waals surface area contributed by atoms with Gasteiger partial charge in [0.15, 0.2) is 9.84 Å². The summed E-state index contributed by atoms with van der Waals surface area (Å²) in [5, 5.41) is -0.968. The molecule has 0 amide bonds. The van der Waals surface area contributed by atoms with Crippen LogP contribution in [-0.2, 0) is 14.6 Å². The van der Waals surface area contributed by atoms with Crippen molar-refractivity contribution in [2.24, 2.45) is 0 Å². The molecule has 1 aromatic rings. The Bertz CT molecular complexity index is 420. The first kappa shape index (κ1) is 10.9. The van der Waals surface area contributed by atoms with Crippen LogP contribution < -0.4 is 0 Å². The Balaban J connectivity index is 3.16. The topological polar surface area (TPSA) is 51.2 Å². The molecule has 0 spiro atoms. The van der Waals surface area contributed by atoms with E-state index in [0.717, 1.165) is 0 Å². The summed E-state index contributed by atoms with van der Waals surface area (Å²) in [6.07, 6.45) is 0. The molecule has 0 saturated carbocycles. The van der Waals surface area contributed by atoms with Crippen molar-refractivity contribution in [2.45, 2.75) is 24.0 Å².